The van der Waals surface area contributed by atoms with Crippen molar-refractivity contribution in [3.05, 3.63) is 35.7 Å². The van der Waals surface area contributed by atoms with Crippen molar-refractivity contribution >= 4 is 17.3 Å². The van der Waals surface area contributed by atoms with E-state index in [2.05, 4.69) is 5.32 Å². The average Bonchev–Trinajstić information content (AvgIpc) is 2.28. The minimum Gasteiger partial charge on any atom is -0.478 e. The number of rotatable bonds is 5. The molecule has 92 valence electrons. The Balaban J connectivity index is 2.91. The minimum atomic E-state index is -1.24. The number of aromatic carboxylic acids is 1. The van der Waals surface area contributed by atoms with E-state index in [1.807, 2.05) is 19.1 Å². The lowest BCUT2D eigenvalue weighted by Gasteiger charge is -2.11. The van der Waals surface area contributed by atoms with Crippen molar-refractivity contribution in [2.75, 3.05) is 17.6 Å². The van der Waals surface area contributed by atoms with Gasteiger partial charge in [-0.2, -0.15) is 0 Å². The van der Waals surface area contributed by atoms with E-state index < -0.39 is 11.8 Å². The van der Waals surface area contributed by atoms with Crippen molar-refractivity contribution in [3.63, 3.8) is 0 Å². The molecule has 0 saturated heterocycles. The van der Waals surface area contributed by atoms with Crippen LogP contribution >= 0.6 is 0 Å². The van der Waals surface area contributed by atoms with Crippen molar-refractivity contribution in [1.82, 2.24) is 0 Å². The Hall–Kier alpha value is -2.04. The van der Waals surface area contributed by atoms with Gasteiger partial charge in [0.15, 0.2) is 0 Å². The first-order valence-electron chi connectivity index (χ1n) is 5.24. The monoisotopic (exact) mass is 238 g/mol. The number of nitrogens with one attached hydrogen (secondary N) is 1. The van der Waals surface area contributed by atoms with Gasteiger partial charge < -0.3 is 16.2 Å². The molecule has 4 nitrogen and oxygen atoms in total. The molecule has 1 aromatic rings. The Morgan fingerprint density at radius 3 is 2.88 bits per heavy atom. The fourth-order valence-corrected chi connectivity index (χ4v) is 1.43. The second-order valence-corrected chi connectivity index (χ2v) is 3.47. The van der Waals surface area contributed by atoms with Crippen molar-refractivity contribution in [1.29, 1.82) is 0 Å². The third-order valence-corrected chi connectivity index (χ3v) is 2.27. The molecule has 0 fully saturated rings. The third-order valence-electron chi connectivity index (χ3n) is 2.27. The van der Waals surface area contributed by atoms with Crippen LogP contribution in [0.2, 0.25) is 0 Å². The number of carbonyl (C=O) groups is 1. The largest absolute Gasteiger partial charge is 0.478 e. The second kappa shape index (κ2) is 5.89. The molecule has 1 rings (SSSR count). The SMILES string of the molecule is C/C=C/CCNc1ccc(F)c(N)c1C(=O)O. The molecular weight excluding hydrogens is 223 g/mol. The Kier molecular flexibility index (Phi) is 4.51. The highest BCUT2D eigenvalue weighted by Gasteiger charge is 2.16. The van der Waals surface area contributed by atoms with E-state index in [-0.39, 0.29) is 11.3 Å². The van der Waals surface area contributed by atoms with Gasteiger partial charge in [0.25, 0.3) is 0 Å². The number of hydrogen-bond acceptors (Lipinski definition) is 3. The number of nitrogens with two attached hydrogens (primary N) is 1. The summed E-state index contributed by atoms with van der Waals surface area (Å²) in [5, 5.41) is 11.9. The summed E-state index contributed by atoms with van der Waals surface area (Å²) in [6.45, 7) is 2.47. The van der Waals surface area contributed by atoms with Gasteiger partial charge in [-0.3, -0.25) is 0 Å². The first kappa shape index (κ1) is 13.0. The summed E-state index contributed by atoms with van der Waals surface area (Å²) in [7, 11) is 0. The molecule has 0 radical (unpaired) electrons. The molecule has 5 heteroatoms. The normalized spacial score (nSPS) is 10.7. The van der Waals surface area contributed by atoms with Crippen molar-refractivity contribution < 1.29 is 14.3 Å². The summed E-state index contributed by atoms with van der Waals surface area (Å²) >= 11 is 0. The van der Waals surface area contributed by atoms with E-state index in [0.717, 1.165) is 12.5 Å². The molecule has 0 unspecified atom stereocenters. The lowest BCUT2D eigenvalue weighted by atomic mass is 10.1. The predicted molar refractivity (Wildman–Crippen MR) is 65.7 cm³/mol. The second-order valence-electron chi connectivity index (χ2n) is 3.47. The predicted octanol–water partition coefficient (Wildman–Crippen LogP) is 2.48. The Morgan fingerprint density at radius 1 is 1.59 bits per heavy atom. The van der Waals surface area contributed by atoms with Gasteiger partial charge in [-0.1, -0.05) is 12.2 Å². The summed E-state index contributed by atoms with van der Waals surface area (Å²) in [6.07, 6.45) is 4.60. The molecule has 17 heavy (non-hydrogen) atoms. The zero-order valence-electron chi connectivity index (χ0n) is 9.53. The number of allylic oxidation sites excluding steroid dienone is 1. The molecule has 1 aromatic carbocycles. The molecule has 0 aliphatic rings. The van der Waals surface area contributed by atoms with E-state index in [1.54, 1.807) is 0 Å². The topological polar surface area (TPSA) is 75.3 Å². The molecule has 0 spiro atoms. The fraction of sp³-hybridized carbons (Fsp3) is 0.250. The van der Waals surface area contributed by atoms with Gasteiger partial charge >= 0.3 is 5.97 Å². The summed E-state index contributed by atoms with van der Waals surface area (Å²) in [5.74, 6) is -1.96. The highest BCUT2D eigenvalue weighted by molar-refractivity contribution is 6.00. The van der Waals surface area contributed by atoms with E-state index in [4.69, 9.17) is 10.8 Å². The molecule has 0 aliphatic heterocycles. The summed E-state index contributed by atoms with van der Waals surface area (Å²) < 4.78 is 13.1. The van der Waals surface area contributed by atoms with Crippen LogP contribution in [0.4, 0.5) is 15.8 Å². The minimum absolute atomic E-state index is 0.217. The first-order valence-corrected chi connectivity index (χ1v) is 5.24. The number of carboxylic acid groups (broad SMARTS) is 1. The maximum atomic E-state index is 13.1. The Labute approximate surface area is 98.9 Å². The van der Waals surface area contributed by atoms with Gasteiger partial charge in [0, 0.05) is 6.54 Å². The molecule has 0 aromatic heterocycles. The molecule has 0 heterocycles. The average molecular weight is 238 g/mol. The van der Waals surface area contributed by atoms with Crippen LogP contribution in [0.15, 0.2) is 24.3 Å². The van der Waals surface area contributed by atoms with Crippen molar-refractivity contribution in [2.24, 2.45) is 0 Å². The van der Waals surface area contributed by atoms with E-state index in [0.29, 0.717) is 12.2 Å². The Morgan fingerprint density at radius 2 is 2.29 bits per heavy atom. The fourth-order valence-electron chi connectivity index (χ4n) is 1.43. The number of halogens is 1. The van der Waals surface area contributed by atoms with Gasteiger partial charge in [-0.05, 0) is 25.5 Å². The van der Waals surface area contributed by atoms with Gasteiger partial charge in [0.05, 0.1) is 11.4 Å². The molecular formula is C12H15FN2O2. The number of carboxylic acids is 1. The highest BCUT2D eigenvalue weighted by atomic mass is 19.1. The molecule has 0 atom stereocenters. The van der Waals surface area contributed by atoms with Gasteiger partial charge in [-0.25, -0.2) is 9.18 Å². The lowest BCUT2D eigenvalue weighted by Crippen LogP contribution is -2.11. The number of benzene rings is 1. The van der Waals surface area contributed by atoms with Crippen LogP contribution < -0.4 is 11.1 Å². The maximum absolute atomic E-state index is 13.1. The maximum Gasteiger partial charge on any atom is 0.340 e. The van der Waals surface area contributed by atoms with Crippen LogP contribution in [0.3, 0.4) is 0 Å². The standard InChI is InChI=1S/C12H15FN2O2/c1-2-3-4-7-15-9-6-5-8(13)11(14)10(9)12(16)17/h2-3,5-6,15H,4,7,14H2,1H3,(H,16,17)/b3-2+. The van der Waals surface area contributed by atoms with Crippen LogP contribution in [0.1, 0.15) is 23.7 Å². The summed E-state index contributed by atoms with van der Waals surface area (Å²) in [4.78, 5) is 11.0. The Bertz CT molecular complexity index is 444. The zero-order chi connectivity index (χ0) is 12.8. The molecule has 0 amide bonds. The quantitative estimate of drug-likeness (QED) is 0.418. The number of anilines is 2. The van der Waals surface area contributed by atoms with E-state index in [1.165, 1.54) is 6.07 Å². The summed E-state index contributed by atoms with van der Waals surface area (Å²) in [6, 6.07) is 2.53. The van der Waals surface area contributed by atoms with Crippen LogP contribution in [-0.2, 0) is 0 Å². The number of hydrogen-bond donors (Lipinski definition) is 3. The van der Waals surface area contributed by atoms with Crippen LogP contribution in [0, 0.1) is 5.82 Å². The first-order chi connectivity index (χ1) is 8.07. The van der Waals surface area contributed by atoms with Gasteiger partial charge in [-0.15, -0.1) is 0 Å². The summed E-state index contributed by atoms with van der Waals surface area (Å²) in [5.41, 5.74) is 5.18. The van der Waals surface area contributed by atoms with Crippen LogP contribution in [-0.4, -0.2) is 17.6 Å². The molecule has 0 aliphatic carbocycles. The third kappa shape index (κ3) is 3.21. The lowest BCUT2D eigenvalue weighted by molar-refractivity contribution is 0.0698. The van der Waals surface area contributed by atoms with Crippen molar-refractivity contribution in [3.8, 4) is 0 Å². The highest BCUT2D eigenvalue weighted by Crippen LogP contribution is 2.25. The zero-order valence-corrected chi connectivity index (χ0v) is 9.53. The van der Waals surface area contributed by atoms with E-state index in [9.17, 15) is 9.18 Å². The molecule has 0 saturated carbocycles. The van der Waals surface area contributed by atoms with Crippen LogP contribution in [0.25, 0.3) is 0 Å². The molecule has 0 bridgehead atoms. The number of nitrogen functional groups attached to an aromatic ring is 1. The van der Waals surface area contributed by atoms with Gasteiger partial charge in [0.2, 0.25) is 0 Å². The van der Waals surface area contributed by atoms with E-state index >= 15 is 0 Å². The van der Waals surface area contributed by atoms with Crippen molar-refractivity contribution in [2.45, 2.75) is 13.3 Å². The van der Waals surface area contributed by atoms with Crippen LogP contribution in [0.5, 0.6) is 0 Å². The smallest absolute Gasteiger partial charge is 0.340 e. The molecule has 4 N–H and O–H groups in total. The van der Waals surface area contributed by atoms with Gasteiger partial charge in [0.1, 0.15) is 11.4 Å².